The van der Waals surface area contributed by atoms with E-state index in [1.54, 1.807) is 19.1 Å². The Hall–Kier alpha value is -2.04. The van der Waals surface area contributed by atoms with Crippen molar-refractivity contribution in [1.29, 1.82) is 0 Å². The minimum Gasteiger partial charge on any atom is -0.508 e. The van der Waals surface area contributed by atoms with Gasteiger partial charge in [-0.25, -0.2) is 0 Å². The molecule has 0 aliphatic heterocycles. The number of phenolic OH excluding ortho intramolecular Hbond substituents is 1. The zero-order valence-corrected chi connectivity index (χ0v) is 9.80. The van der Waals surface area contributed by atoms with Gasteiger partial charge in [0, 0.05) is 19.2 Å². The quantitative estimate of drug-likeness (QED) is 0.826. The van der Waals surface area contributed by atoms with E-state index in [0.717, 1.165) is 0 Å². The topological polar surface area (TPSA) is 77.8 Å². The van der Waals surface area contributed by atoms with Gasteiger partial charge in [-0.3, -0.25) is 9.59 Å². The van der Waals surface area contributed by atoms with Crippen LogP contribution in [0.2, 0.25) is 0 Å². The van der Waals surface area contributed by atoms with Gasteiger partial charge in [0.15, 0.2) is 0 Å². The van der Waals surface area contributed by atoms with E-state index in [1.807, 2.05) is 0 Å². The van der Waals surface area contributed by atoms with Crippen LogP contribution in [-0.4, -0.2) is 40.6 Å². The fourth-order valence-electron chi connectivity index (χ4n) is 1.33. The molecule has 0 spiro atoms. The number of carboxylic acid groups (broad SMARTS) is 1. The minimum atomic E-state index is -0.948. The molecule has 5 nitrogen and oxygen atoms in total. The number of carboxylic acids is 1. The molecule has 1 aromatic carbocycles. The number of benzene rings is 1. The lowest BCUT2D eigenvalue weighted by atomic mass is 10.1. The normalized spacial score (nSPS) is 10.0. The number of aryl methyl sites for hydroxylation is 1. The predicted octanol–water partition coefficient (Wildman–Crippen LogP) is 1.25. The summed E-state index contributed by atoms with van der Waals surface area (Å²) in [6.45, 7) is 1.88. The summed E-state index contributed by atoms with van der Waals surface area (Å²) >= 11 is 0. The highest BCUT2D eigenvalue weighted by Gasteiger charge is 2.13. The highest BCUT2D eigenvalue weighted by molar-refractivity contribution is 5.94. The van der Waals surface area contributed by atoms with Crippen LogP contribution >= 0.6 is 0 Å². The predicted molar refractivity (Wildman–Crippen MR) is 62.1 cm³/mol. The first-order chi connectivity index (χ1) is 7.91. The van der Waals surface area contributed by atoms with Gasteiger partial charge in [0.1, 0.15) is 5.75 Å². The molecule has 2 N–H and O–H groups in total. The van der Waals surface area contributed by atoms with Crippen molar-refractivity contribution in [2.24, 2.45) is 0 Å². The summed E-state index contributed by atoms with van der Waals surface area (Å²) in [5, 5.41) is 18.0. The molecule has 0 aliphatic rings. The van der Waals surface area contributed by atoms with Crippen LogP contribution in [0.3, 0.4) is 0 Å². The van der Waals surface area contributed by atoms with Crippen molar-refractivity contribution in [1.82, 2.24) is 4.90 Å². The molecule has 0 atom stereocenters. The third-order valence-electron chi connectivity index (χ3n) is 2.46. The Balaban J connectivity index is 2.74. The lowest BCUT2D eigenvalue weighted by molar-refractivity contribution is -0.137. The molecule has 1 aromatic rings. The molecule has 0 fully saturated rings. The summed E-state index contributed by atoms with van der Waals surface area (Å²) in [7, 11) is 1.53. The lowest BCUT2D eigenvalue weighted by Crippen LogP contribution is -2.29. The van der Waals surface area contributed by atoms with E-state index in [9.17, 15) is 14.7 Å². The average Bonchev–Trinajstić information content (AvgIpc) is 2.28. The van der Waals surface area contributed by atoms with Crippen molar-refractivity contribution in [2.75, 3.05) is 13.6 Å². The van der Waals surface area contributed by atoms with Gasteiger partial charge in [-0.15, -0.1) is 0 Å². The fourth-order valence-corrected chi connectivity index (χ4v) is 1.33. The highest BCUT2D eigenvalue weighted by atomic mass is 16.4. The molecule has 92 valence electrons. The molecule has 0 aliphatic carbocycles. The van der Waals surface area contributed by atoms with Gasteiger partial charge in [0.2, 0.25) is 0 Å². The maximum atomic E-state index is 11.8. The molecule has 0 unspecified atom stereocenters. The summed E-state index contributed by atoms with van der Waals surface area (Å²) in [6, 6.07) is 4.64. The molecular weight excluding hydrogens is 222 g/mol. The van der Waals surface area contributed by atoms with Crippen LogP contribution in [0.25, 0.3) is 0 Å². The second kappa shape index (κ2) is 5.34. The number of amides is 1. The Bertz CT molecular complexity index is 442. The molecule has 0 saturated heterocycles. The zero-order chi connectivity index (χ0) is 13.0. The molecule has 0 radical (unpaired) electrons. The largest absolute Gasteiger partial charge is 0.508 e. The number of nitrogens with zero attached hydrogens (tertiary/aromatic N) is 1. The van der Waals surface area contributed by atoms with Crippen LogP contribution in [0.5, 0.6) is 5.75 Å². The fraction of sp³-hybridized carbons (Fsp3) is 0.333. The second-order valence-electron chi connectivity index (χ2n) is 3.87. The van der Waals surface area contributed by atoms with Crippen LogP contribution in [0.4, 0.5) is 0 Å². The summed E-state index contributed by atoms with van der Waals surface area (Å²) in [5.41, 5.74) is 1.04. The zero-order valence-electron chi connectivity index (χ0n) is 9.80. The molecule has 0 heterocycles. The Morgan fingerprint density at radius 2 is 2.00 bits per heavy atom. The van der Waals surface area contributed by atoms with Gasteiger partial charge < -0.3 is 15.1 Å². The van der Waals surface area contributed by atoms with Crippen molar-refractivity contribution < 1.29 is 19.8 Å². The first-order valence-corrected chi connectivity index (χ1v) is 5.18. The third-order valence-corrected chi connectivity index (χ3v) is 2.46. The van der Waals surface area contributed by atoms with Crippen molar-refractivity contribution >= 4 is 11.9 Å². The SMILES string of the molecule is Cc1ccc(C(=O)N(C)CCC(=O)O)cc1O. The molecule has 0 bridgehead atoms. The van der Waals surface area contributed by atoms with Gasteiger partial charge in [-0.05, 0) is 24.6 Å². The molecule has 5 heteroatoms. The van der Waals surface area contributed by atoms with Crippen molar-refractivity contribution in [3.05, 3.63) is 29.3 Å². The van der Waals surface area contributed by atoms with Crippen LogP contribution in [0, 0.1) is 6.92 Å². The Morgan fingerprint density at radius 1 is 1.35 bits per heavy atom. The number of hydrogen-bond acceptors (Lipinski definition) is 3. The summed E-state index contributed by atoms with van der Waals surface area (Å²) in [4.78, 5) is 23.5. The van der Waals surface area contributed by atoms with Gasteiger partial charge in [0.05, 0.1) is 6.42 Å². The van der Waals surface area contributed by atoms with Crippen LogP contribution in [0.1, 0.15) is 22.3 Å². The number of aliphatic carboxylic acids is 1. The van der Waals surface area contributed by atoms with Crippen LogP contribution in [0.15, 0.2) is 18.2 Å². The van der Waals surface area contributed by atoms with Crippen molar-refractivity contribution in [3.63, 3.8) is 0 Å². The number of carbonyl (C=O) groups excluding carboxylic acids is 1. The Kier molecular flexibility index (Phi) is 4.09. The molecule has 0 aromatic heterocycles. The van der Waals surface area contributed by atoms with E-state index in [-0.39, 0.29) is 24.6 Å². The monoisotopic (exact) mass is 237 g/mol. The minimum absolute atomic E-state index is 0.0579. The van der Waals surface area contributed by atoms with E-state index in [0.29, 0.717) is 11.1 Å². The Labute approximate surface area is 99.3 Å². The number of hydrogen-bond donors (Lipinski definition) is 2. The number of aromatic hydroxyl groups is 1. The lowest BCUT2D eigenvalue weighted by Gasteiger charge is -2.16. The average molecular weight is 237 g/mol. The highest BCUT2D eigenvalue weighted by Crippen LogP contribution is 2.18. The van der Waals surface area contributed by atoms with Crippen LogP contribution in [-0.2, 0) is 4.79 Å². The van der Waals surface area contributed by atoms with E-state index >= 15 is 0 Å². The van der Waals surface area contributed by atoms with Crippen LogP contribution < -0.4 is 0 Å². The summed E-state index contributed by atoms with van der Waals surface area (Å²) in [6.07, 6.45) is -0.0971. The van der Waals surface area contributed by atoms with E-state index in [1.165, 1.54) is 18.0 Å². The van der Waals surface area contributed by atoms with Gasteiger partial charge in [0.25, 0.3) is 5.91 Å². The molecular formula is C12H15NO4. The van der Waals surface area contributed by atoms with Crippen molar-refractivity contribution in [3.8, 4) is 5.75 Å². The maximum Gasteiger partial charge on any atom is 0.305 e. The smallest absolute Gasteiger partial charge is 0.305 e. The molecule has 1 rings (SSSR count). The second-order valence-corrected chi connectivity index (χ2v) is 3.87. The number of rotatable bonds is 4. The van der Waals surface area contributed by atoms with Crippen molar-refractivity contribution in [2.45, 2.75) is 13.3 Å². The first-order valence-electron chi connectivity index (χ1n) is 5.18. The van der Waals surface area contributed by atoms with Gasteiger partial charge in [-0.1, -0.05) is 6.07 Å². The first kappa shape index (κ1) is 13.0. The number of phenols is 1. The van der Waals surface area contributed by atoms with E-state index in [2.05, 4.69) is 0 Å². The molecule has 17 heavy (non-hydrogen) atoms. The number of carbonyl (C=O) groups is 2. The maximum absolute atomic E-state index is 11.8. The third kappa shape index (κ3) is 3.48. The van der Waals surface area contributed by atoms with E-state index < -0.39 is 5.97 Å². The Morgan fingerprint density at radius 3 is 2.53 bits per heavy atom. The molecule has 1 amide bonds. The van der Waals surface area contributed by atoms with E-state index in [4.69, 9.17) is 5.11 Å². The standard InChI is InChI=1S/C12H15NO4/c1-8-3-4-9(7-10(8)14)12(17)13(2)6-5-11(15)16/h3-4,7,14H,5-6H2,1-2H3,(H,15,16). The molecule has 0 saturated carbocycles. The van der Waals surface area contributed by atoms with Gasteiger partial charge in [-0.2, -0.15) is 0 Å². The van der Waals surface area contributed by atoms with Gasteiger partial charge >= 0.3 is 5.97 Å². The summed E-state index contributed by atoms with van der Waals surface area (Å²) in [5.74, 6) is -1.19. The summed E-state index contributed by atoms with van der Waals surface area (Å²) < 4.78 is 0.